The quantitative estimate of drug-likeness (QED) is 0.395. The maximum atomic E-state index is 13.4. The van der Waals surface area contributed by atoms with Crippen molar-refractivity contribution in [3.8, 4) is 5.69 Å². The number of hydrogen-bond acceptors (Lipinski definition) is 3. The van der Waals surface area contributed by atoms with Crippen molar-refractivity contribution in [1.82, 2.24) is 19.2 Å². The van der Waals surface area contributed by atoms with Gasteiger partial charge in [-0.25, -0.2) is 4.68 Å². The molecule has 0 spiro atoms. The predicted octanol–water partition coefficient (Wildman–Crippen LogP) is 4.85. The number of hydrogen-bond donors (Lipinski definition) is 0. The molecular weight excluding hydrogens is 448 g/mol. The van der Waals surface area contributed by atoms with E-state index in [1.54, 1.807) is 10.6 Å². The van der Waals surface area contributed by atoms with Gasteiger partial charge in [0.2, 0.25) is 5.91 Å². The van der Waals surface area contributed by atoms with Crippen molar-refractivity contribution < 1.29 is 4.79 Å². The van der Waals surface area contributed by atoms with Crippen LogP contribution in [0.4, 0.5) is 0 Å². The molecule has 1 aliphatic rings. The third kappa shape index (κ3) is 4.72. The van der Waals surface area contributed by atoms with Gasteiger partial charge in [-0.05, 0) is 68.7 Å². The topological polar surface area (TPSA) is 60.1 Å². The van der Waals surface area contributed by atoms with Gasteiger partial charge in [0.25, 0.3) is 5.56 Å². The molecule has 6 heteroatoms. The minimum Gasteiger partial charge on any atom is -0.341 e. The summed E-state index contributed by atoms with van der Waals surface area (Å²) in [6.07, 6.45) is 3.76. The second kappa shape index (κ2) is 10.1. The second-order valence-corrected chi connectivity index (χ2v) is 9.99. The summed E-state index contributed by atoms with van der Waals surface area (Å²) in [4.78, 5) is 28.6. The molecule has 1 fully saturated rings. The largest absolute Gasteiger partial charge is 0.341 e. The van der Waals surface area contributed by atoms with Gasteiger partial charge in [0.15, 0.2) is 0 Å². The molecule has 5 rings (SSSR count). The van der Waals surface area contributed by atoms with Gasteiger partial charge in [-0.1, -0.05) is 55.0 Å². The molecular formula is C30H34N4O2. The van der Waals surface area contributed by atoms with Crippen molar-refractivity contribution in [3.05, 3.63) is 93.4 Å². The molecule has 1 amide bonds. The first-order valence-electron chi connectivity index (χ1n) is 13.0. The molecule has 0 saturated carbocycles. The second-order valence-electron chi connectivity index (χ2n) is 9.99. The number of nitrogens with zero attached hydrogens (tertiary/aromatic N) is 4. The van der Waals surface area contributed by atoms with Gasteiger partial charge in [0.05, 0.1) is 11.4 Å². The predicted molar refractivity (Wildman–Crippen MR) is 144 cm³/mol. The van der Waals surface area contributed by atoms with E-state index in [1.807, 2.05) is 60.7 Å². The van der Waals surface area contributed by atoms with Crippen molar-refractivity contribution in [3.63, 3.8) is 0 Å². The maximum absolute atomic E-state index is 13.4. The Kier molecular flexibility index (Phi) is 6.77. The first-order valence-corrected chi connectivity index (χ1v) is 13.0. The highest BCUT2D eigenvalue weighted by molar-refractivity contribution is 5.86. The van der Waals surface area contributed by atoms with Gasteiger partial charge < -0.3 is 4.90 Å². The van der Waals surface area contributed by atoms with Gasteiger partial charge in [-0.15, -0.1) is 0 Å². The molecule has 3 heterocycles. The van der Waals surface area contributed by atoms with Crippen LogP contribution in [0, 0.1) is 19.8 Å². The molecule has 0 N–H and O–H groups in total. The molecule has 0 aliphatic carbocycles. The fraction of sp³-hybridized carbons (Fsp3) is 0.367. The molecule has 4 aromatic rings. The van der Waals surface area contributed by atoms with Crippen molar-refractivity contribution in [1.29, 1.82) is 0 Å². The van der Waals surface area contributed by atoms with E-state index >= 15 is 0 Å². The van der Waals surface area contributed by atoms with Crippen LogP contribution in [-0.4, -0.2) is 38.2 Å². The third-order valence-corrected chi connectivity index (χ3v) is 7.46. The Balaban J connectivity index is 1.42. The molecule has 36 heavy (non-hydrogen) atoms. The molecule has 0 atom stereocenters. The van der Waals surface area contributed by atoms with Gasteiger partial charge >= 0.3 is 0 Å². The van der Waals surface area contributed by atoms with E-state index in [-0.39, 0.29) is 18.0 Å². The average molecular weight is 483 g/mol. The normalized spacial score (nSPS) is 14.5. The van der Waals surface area contributed by atoms with Crippen LogP contribution in [0.25, 0.3) is 16.7 Å². The molecule has 6 nitrogen and oxygen atoms in total. The smallest absolute Gasteiger partial charge is 0.252 e. The van der Waals surface area contributed by atoms with Crippen LogP contribution in [0.3, 0.4) is 0 Å². The van der Waals surface area contributed by atoms with Crippen molar-refractivity contribution in [2.24, 2.45) is 5.92 Å². The van der Waals surface area contributed by atoms with Crippen LogP contribution in [0.15, 0.2) is 65.5 Å². The number of pyridine rings is 1. The summed E-state index contributed by atoms with van der Waals surface area (Å²) in [6, 6.07) is 20.3. The summed E-state index contributed by atoms with van der Waals surface area (Å²) >= 11 is 0. The van der Waals surface area contributed by atoms with Gasteiger partial charge in [0, 0.05) is 24.5 Å². The Hall–Kier alpha value is -3.67. The first kappa shape index (κ1) is 24.0. The first-order chi connectivity index (χ1) is 17.4. The van der Waals surface area contributed by atoms with Gasteiger partial charge in [-0.2, -0.15) is 5.10 Å². The monoisotopic (exact) mass is 482 g/mol. The summed E-state index contributed by atoms with van der Waals surface area (Å²) in [6.45, 7) is 7.56. The number of aromatic nitrogens is 3. The highest BCUT2D eigenvalue weighted by Gasteiger charge is 2.25. The lowest BCUT2D eigenvalue weighted by Crippen LogP contribution is -2.42. The number of amides is 1. The fourth-order valence-corrected chi connectivity index (χ4v) is 5.41. The number of benzene rings is 2. The van der Waals surface area contributed by atoms with E-state index in [4.69, 9.17) is 5.10 Å². The summed E-state index contributed by atoms with van der Waals surface area (Å²) in [5.41, 5.74) is 5.78. The highest BCUT2D eigenvalue weighted by atomic mass is 16.2. The van der Waals surface area contributed by atoms with Crippen LogP contribution < -0.4 is 5.56 Å². The number of fused-ring (bicyclic) bond motifs is 1. The third-order valence-electron chi connectivity index (χ3n) is 7.46. The zero-order valence-electron chi connectivity index (χ0n) is 21.4. The Morgan fingerprint density at radius 3 is 2.36 bits per heavy atom. The molecule has 1 saturated heterocycles. The molecule has 1 aliphatic heterocycles. The number of rotatable bonds is 6. The minimum atomic E-state index is -0.153. The van der Waals surface area contributed by atoms with E-state index in [1.165, 1.54) is 5.56 Å². The van der Waals surface area contributed by atoms with E-state index in [2.05, 4.69) is 24.3 Å². The Bertz CT molecular complexity index is 1430. The molecule has 0 bridgehead atoms. The van der Waals surface area contributed by atoms with E-state index in [9.17, 15) is 9.59 Å². The summed E-state index contributed by atoms with van der Waals surface area (Å²) in [5, 5.41) is 5.77. The van der Waals surface area contributed by atoms with Crippen molar-refractivity contribution in [2.75, 3.05) is 13.1 Å². The van der Waals surface area contributed by atoms with Gasteiger partial charge in [0.1, 0.15) is 12.2 Å². The number of carbonyl (C=O) groups is 1. The molecule has 2 aromatic carbocycles. The summed E-state index contributed by atoms with van der Waals surface area (Å²) in [5.74, 6) is 0.579. The molecule has 0 radical (unpaired) electrons. The Morgan fingerprint density at radius 1 is 1.00 bits per heavy atom. The number of piperidine rings is 1. The minimum absolute atomic E-state index is 0.00452. The highest BCUT2D eigenvalue weighted by Crippen LogP contribution is 2.26. The standard InChI is InChI=1S/C30H34N4O2/c1-4-25-19-27(35)33(30-29(25)22(3)31-34(30)26-12-10-21(2)11-13-26)20-28(36)32-16-14-24(15-17-32)18-23-8-6-5-7-9-23/h5-13,19,24H,4,14-18,20H2,1-3H3. The molecule has 0 unspecified atom stereocenters. The number of aryl methyl sites for hydroxylation is 3. The molecule has 186 valence electrons. The Labute approximate surface area is 212 Å². The van der Waals surface area contributed by atoms with Crippen LogP contribution in [0.2, 0.25) is 0 Å². The van der Waals surface area contributed by atoms with E-state index in [0.717, 1.165) is 66.7 Å². The number of likely N-dealkylation sites (tertiary alicyclic amines) is 1. The fourth-order valence-electron chi connectivity index (χ4n) is 5.41. The van der Waals surface area contributed by atoms with Gasteiger partial charge in [-0.3, -0.25) is 14.2 Å². The zero-order valence-corrected chi connectivity index (χ0v) is 21.4. The van der Waals surface area contributed by atoms with Crippen LogP contribution in [-0.2, 0) is 24.2 Å². The average Bonchev–Trinajstić information content (AvgIpc) is 3.24. The van der Waals surface area contributed by atoms with Crippen LogP contribution in [0.1, 0.15) is 42.1 Å². The molecule has 2 aromatic heterocycles. The van der Waals surface area contributed by atoms with Crippen molar-refractivity contribution >= 4 is 16.9 Å². The number of carbonyl (C=O) groups excluding carboxylic acids is 1. The lowest BCUT2D eigenvalue weighted by atomic mass is 9.90. The summed E-state index contributed by atoms with van der Waals surface area (Å²) in [7, 11) is 0. The lowest BCUT2D eigenvalue weighted by molar-refractivity contribution is -0.133. The maximum Gasteiger partial charge on any atom is 0.252 e. The van der Waals surface area contributed by atoms with E-state index < -0.39 is 0 Å². The SMILES string of the molecule is CCc1cc(=O)n(CC(=O)N2CCC(Cc3ccccc3)CC2)c2c1c(C)nn2-c1ccc(C)cc1. The van der Waals surface area contributed by atoms with E-state index in [0.29, 0.717) is 11.6 Å². The van der Waals surface area contributed by atoms with Crippen LogP contribution in [0.5, 0.6) is 0 Å². The van der Waals surface area contributed by atoms with Crippen LogP contribution >= 0.6 is 0 Å². The Morgan fingerprint density at radius 2 is 1.69 bits per heavy atom. The van der Waals surface area contributed by atoms with Crippen molar-refractivity contribution in [2.45, 2.75) is 53.0 Å². The lowest BCUT2D eigenvalue weighted by Gasteiger charge is -2.32. The summed E-state index contributed by atoms with van der Waals surface area (Å²) < 4.78 is 3.44. The zero-order chi connectivity index (χ0) is 25.2.